The van der Waals surface area contributed by atoms with Crippen LogP contribution in [0, 0.1) is 0 Å². The van der Waals surface area contributed by atoms with Crippen molar-refractivity contribution < 1.29 is 9.47 Å². The van der Waals surface area contributed by atoms with E-state index < -0.39 is 0 Å². The zero-order valence-electron chi connectivity index (χ0n) is 11.7. The molecule has 0 aromatic carbocycles. The van der Waals surface area contributed by atoms with Crippen molar-refractivity contribution in [3.05, 3.63) is 11.9 Å². The van der Waals surface area contributed by atoms with Crippen molar-refractivity contribution in [3.8, 4) is 11.8 Å². The van der Waals surface area contributed by atoms with E-state index in [0.29, 0.717) is 11.8 Å². The summed E-state index contributed by atoms with van der Waals surface area (Å²) in [4.78, 5) is 8.66. The highest BCUT2D eigenvalue weighted by molar-refractivity contribution is 5.25. The van der Waals surface area contributed by atoms with Gasteiger partial charge in [-0.25, -0.2) is 4.98 Å². The molecule has 5 nitrogen and oxygen atoms in total. The molecule has 0 radical (unpaired) electrons. The van der Waals surface area contributed by atoms with E-state index in [1.54, 1.807) is 20.4 Å². The number of methoxy groups -OCH3 is 2. The summed E-state index contributed by atoms with van der Waals surface area (Å²) in [6.07, 6.45) is 6.26. The highest BCUT2D eigenvalue weighted by atomic mass is 16.5. The summed E-state index contributed by atoms with van der Waals surface area (Å²) in [6.45, 7) is 2.20. The molecule has 0 aliphatic carbocycles. The van der Waals surface area contributed by atoms with E-state index in [1.165, 1.54) is 19.3 Å². The minimum atomic E-state index is 0.171. The number of nitrogens with one attached hydrogen (secondary N) is 1. The lowest BCUT2D eigenvalue weighted by Crippen LogP contribution is -2.19. The maximum absolute atomic E-state index is 5.28. The molecule has 1 heterocycles. The molecule has 1 aromatic heterocycles. The minimum Gasteiger partial charge on any atom is -0.480 e. The zero-order valence-corrected chi connectivity index (χ0v) is 11.7. The minimum absolute atomic E-state index is 0.171. The topological polar surface area (TPSA) is 56.3 Å². The summed E-state index contributed by atoms with van der Waals surface area (Å²) in [5.41, 5.74) is 0.844. The third-order valence-electron chi connectivity index (χ3n) is 2.92. The van der Waals surface area contributed by atoms with E-state index in [4.69, 9.17) is 9.47 Å². The van der Waals surface area contributed by atoms with Crippen molar-refractivity contribution in [1.82, 2.24) is 15.3 Å². The quantitative estimate of drug-likeness (QED) is 0.721. The fraction of sp³-hybridized carbons (Fsp3) is 0.692. The van der Waals surface area contributed by atoms with Gasteiger partial charge in [0.2, 0.25) is 11.8 Å². The Kier molecular flexibility index (Phi) is 6.43. The van der Waals surface area contributed by atoms with Crippen LogP contribution in [0.2, 0.25) is 0 Å². The Morgan fingerprint density at radius 1 is 1.28 bits per heavy atom. The van der Waals surface area contributed by atoms with E-state index in [1.807, 2.05) is 7.05 Å². The molecule has 102 valence electrons. The van der Waals surface area contributed by atoms with Crippen LogP contribution in [-0.2, 0) is 0 Å². The molecular formula is C13H23N3O2. The first kappa shape index (κ1) is 14.7. The van der Waals surface area contributed by atoms with Gasteiger partial charge in [0.15, 0.2) is 0 Å². The van der Waals surface area contributed by atoms with Crippen LogP contribution in [0.3, 0.4) is 0 Å². The van der Waals surface area contributed by atoms with Gasteiger partial charge in [-0.1, -0.05) is 26.2 Å². The van der Waals surface area contributed by atoms with Gasteiger partial charge in [-0.2, -0.15) is 4.98 Å². The summed E-state index contributed by atoms with van der Waals surface area (Å²) < 4.78 is 10.3. The van der Waals surface area contributed by atoms with Gasteiger partial charge in [0, 0.05) is 0 Å². The molecule has 0 fully saturated rings. The lowest BCUT2D eigenvalue weighted by Gasteiger charge is -2.17. The van der Waals surface area contributed by atoms with Crippen molar-refractivity contribution in [2.24, 2.45) is 0 Å². The molecule has 1 atom stereocenters. The zero-order chi connectivity index (χ0) is 13.4. The van der Waals surface area contributed by atoms with Gasteiger partial charge in [-0.15, -0.1) is 0 Å². The average molecular weight is 253 g/mol. The molecule has 1 rings (SSSR count). The second kappa shape index (κ2) is 7.87. The summed E-state index contributed by atoms with van der Waals surface area (Å²) in [5, 5.41) is 3.27. The summed E-state index contributed by atoms with van der Waals surface area (Å²) in [5.74, 6) is 1.00. The molecule has 18 heavy (non-hydrogen) atoms. The van der Waals surface area contributed by atoms with E-state index in [0.717, 1.165) is 12.1 Å². The van der Waals surface area contributed by atoms with Gasteiger partial charge < -0.3 is 14.8 Å². The molecule has 0 bridgehead atoms. The number of nitrogens with zero attached hydrogens (tertiary/aromatic N) is 2. The number of rotatable bonds is 8. The van der Waals surface area contributed by atoms with Gasteiger partial charge in [0.1, 0.15) is 5.69 Å². The summed E-state index contributed by atoms with van der Waals surface area (Å²) in [6, 6.07) is 0.171. The van der Waals surface area contributed by atoms with E-state index in [9.17, 15) is 0 Å². The van der Waals surface area contributed by atoms with E-state index in [-0.39, 0.29) is 6.04 Å². The number of aromatic nitrogens is 2. The lowest BCUT2D eigenvalue weighted by molar-refractivity contribution is 0.348. The lowest BCUT2D eigenvalue weighted by atomic mass is 10.1. The van der Waals surface area contributed by atoms with Crippen LogP contribution in [0.5, 0.6) is 11.8 Å². The number of hydrogen-bond acceptors (Lipinski definition) is 5. The first-order chi connectivity index (χ1) is 8.76. The molecular weight excluding hydrogens is 230 g/mol. The largest absolute Gasteiger partial charge is 0.480 e. The molecule has 1 unspecified atom stereocenters. The van der Waals surface area contributed by atoms with Crippen molar-refractivity contribution >= 4 is 0 Å². The molecule has 0 spiro atoms. The monoisotopic (exact) mass is 253 g/mol. The van der Waals surface area contributed by atoms with Crippen molar-refractivity contribution in [2.75, 3.05) is 21.3 Å². The second-order valence-electron chi connectivity index (χ2n) is 4.14. The maximum Gasteiger partial charge on any atom is 0.240 e. The Morgan fingerprint density at radius 2 is 2.06 bits per heavy atom. The van der Waals surface area contributed by atoms with Crippen molar-refractivity contribution in [2.45, 2.75) is 38.6 Å². The number of ether oxygens (including phenoxy) is 2. The van der Waals surface area contributed by atoms with Crippen LogP contribution in [0.4, 0.5) is 0 Å². The first-order valence-electron chi connectivity index (χ1n) is 6.39. The maximum atomic E-state index is 5.28. The van der Waals surface area contributed by atoms with Gasteiger partial charge >= 0.3 is 0 Å². The fourth-order valence-corrected chi connectivity index (χ4v) is 1.87. The fourth-order valence-electron chi connectivity index (χ4n) is 1.87. The molecule has 5 heteroatoms. The molecule has 0 amide bonds. The SMILES string of the molecule is CCCCCC(NC)c1ncc(OC)nc1OC. The summed E-state index contributed by atoms with van der Waals surface area (Å²) >= 11 is 0. The average Bonchev–Trinajstić information content (AvgIpc) is 2.43. The standard InChI is InChI=1S/C13H23N3O2/c1-5-6-7-8-10(14-2)12-13(18-4)16-11(17-3)9-15-12/h9-10,14H,5-8H2,1-4H3. The van der Waals surface area contributed by atoms with Crippen molar-refractivity contribution in [1.29, 1.82) is 0 Å². The molecule has 0 saturated carbocycles. The van der Waals surface area contributed by atoms with Gasteiger partial charge in [0.25, 0.3) is 0 Å². The normalized spacial score (nSPS) is 12.2. The van der Waals surface area contributed by atoms with Crippen LogP contribution in [0.15, 0.2) is 6.20 Å². The van der Waals surface area contributed by atoms with Crippen molar-refractivity contribution in [3.63, 3.8) is 0 Å². The van der Waals surface area contributed by atoms with Crippen LogP contribution in [0.25, 0.3) is 0 Å². The number of unbranched alkanes of at least 4 members (excludes halogenated alkanes) is 2. The first-order valence-corrected chi connectivity index (χ1v) is 6.39. The van der Waals surface area contributed by atoms with E-state index >= 15 is 0 Å². The summed E-state index contributed by atoms with van der Waals surface area (Å²) in [7, 11) is 5.10. The third-order valence-corrected chi connectivity index (χ3v) is 2.92. The smallest absolute Gasteiger partial charge is 0.240 e. The van der Waals surface area contributed by atoms with Crippen LogP contribution < -0.4 is 14.8 Å². The van der Waals surface area contributed by atoms with Gasteiger partial charge in [0.05, 0.1) is 26.5 Å². The molecule has 0 aliphatic heterocycles. The Balaban J connectivity index is 2.83. The Morgan fingerprint density at radius 3 is 2.61 bits per heavy atom. The van der Waals surface area contributed by atoms with Gasteiger partial charge in [-0.3, -0.25) is 0 Å². The Labute approximate surface area is 109 Å². The Bertz CT molecular complexity index is 358. The van der Waals surface area contributed by atoms with E-state index in [2.05, 4.69) is 22.2 Å². The highest BCUT2D eigenvalue weighted by Crippen LogP contribution is 2.26. The molecule has 0 aliphatic rings. The van der Waals surface area contributed by atoms with Crippen LogP contribution >= 0.6 is 0 Å². The van der Waals surface area contributed by atoms with Gasteiger partial charge in [-0.05, 0) is 13.5 Å². The van der Waals surface area contributed by atoms with Crippen LogP contribution in [0.1, 0.15) is 44.3 Å². The second-order valence-corrected chi connectivity index (χ2v) is 4.14. The predicted octanol–water partition coefficient (Wildman–Crippen LogP) is 2.33. The Hall–Kier alpha value is -1.36. The molecule has 1 aromatic rings. The predicted molar refractivity (Wildman–Crippen MR) is 71.1 cm³/mol. The van der Waals surface area contributed by atoms with Crippen LogP contribution in [-0.4, -0.2) is 31.2 Å². The third kappa shape index (κ3) is 3.84. The molecule has 0 saturated heterocycles. The highest BCUT2D eigenvalue weighted by Gasteiger charge is 2.17. The molecule has 1 N–H and O–H groups in total. The number of hydrogen-bond donors (Lipinski definition) is 1.